The summed E-state index contributed by atoms with van der Waals surface area (Å²) in [6, 6.07) is 5.24. The normalized spacial score (nSPS) is 16.5. The molecule has 1 aliphatic heterocycles. The molecule has 2 rings (SSSR count). The summed E-state index contributed by atoms with van der Waals surface area (Å²) in [5.74, 6) is 1.49. The maximum absolute atomic E-state index is 11.0. The third kappa shape index (κ3) is 3.21. The highest BCUT2D eigenvalue weighted by atomic mass is 16.6. The molecule has 0 spiro atoms. The van der Waals surface area contributed by atoms with E-state index in [1.54, 1.807) is 19.2 Å². The zero-order valence-corrected chi connectivity index (χ0v) is 12.4. The van der Waals surface area contributed by atoms with Crippen molar-refractivity contribution < 1.29 is 4.92 Å². The van der Waals surface area contributed by atoms with Crippen molar-refractivity contribution in [3.63, 3.8) is 0 Å². The predicted octanol–water partition coefficient (Wildman–Crippen LogP) is 3.51. The molecule has 1 aliphatic rings. The van der Waals surface area contributed by atoms with E-state index in [4.69, 9.17) is 0 Å². The monoisotopic (exact) mass is 277 g/mol. The van der Waals surface area contributed by atoms with Gasteiger partial charge in [0.15, 0.2) is 0 Å². The second-order valence-electron chi connectivity index (χ2n) is 5.81. The van der Waals surface area contributed by atoms with Crippen LogP contribution in [0.5, 0.6) is 0 Å². The number of piperidine rings is 1. The van der Waals surface area contributed by atoms with E-state index in [-0.39, 0.29) is 10.6 Å². The molecular formula is C15H23N3O2. The molecule has 0 aromatic heterocycles. The van der Waals surface area contributed by atoms with E-state index in [1.807, 2.05) is 6.07 Å². The lowest BCUT2D eigenvalue weighted by Gasteiger charge is -2.35. The minimum atomic E-state index is -0.328. The molecule has 0 unspecified atom stereocenters. The first kappa shape index (κ1) is 14.6. The highest BCUT2D eigenvalue weighted by Gasteiger charge is 2.23. The quantitative estimate of drug-likeness (QED) is 0.676. The highest BCUT2D eigenvalue weighted by molar-refractivity contribution is 5.64. The van der Waals surface area contributed by atoms with Crippen molar-refractivity contribution in [3.05, 3.63) is 28.3 Å². The van der Waals surface area contributed by atoms with E-state index >= 15 is 0 Å². The Kier molecular flexibility index (Phi) is 4.47. The van der Waals surface area contributed by atoms with Gasteiger partial charge in [-0.1, -0.05) is 13.8 Å². The van der Waals surface area contributed by atoms with Crippen molar-refractivity contribution >= 4 is 17.1 Å². The van der Waals surface area contributed by atoms with Crippen molar-refractivity contribution in [1.82, 2.24) is 0 Å². The zero-order chi connectivity index (χ0) is 14.7. The summed E-state index contributed by atoms with van der Waals surface area (Å²) in [5.41, 5.74) is 1.89. The van der Waals surface area contributed by atoms with Gasteiger partial charge in [0.25, 0.3) is 5.69 Å². The van der Waals surface area contributed by atoms with Crippen LogP contribution in [0.3, 0.4) is 0 Å². The van der Waals surface area contributed by atoms with Gasteiger partial charge in [0.05, 0.1) is 4.92 Å². The Morgan fingerprint density at radius 3 is 2.45 bits per heavy atom. The van der Waals surface area contributed by atoms with E-state index in [0.29, 0.717) is 0 Å². The van der Waals surface area contributed by atoms with Gasteiger partial charge in [-0.05, 0) is 30.7 Å². The van der Waals surface area contributed by atoms with Crippen LogP contribution in [0.15, 0.2) is 18.2 Å². The van der Waals surface area contributed by atoms with Crippen LogP contribution in [-0.2, 0) is 0 Å². The Bertz CT molecular complexity index is 480. The van der Waals surface area contributed by atoms with Crippen LogP contribution in [-0.4, -0.2) is 25.1 Å². The average Bonchev–Trinajstić information content (AvgIpc) is 2.46. The number of anilines is 2. The summed E-state index contributed by atoms with van der Waals surface area (Å²) in [6.07, 6.45) is 2.32. The molecule has 110 valence electrons. The number of nitro groups is 1. The number of hydrogen-bond acceptors (Lipinski definition) is 4. The third-order valence-corrected chi connectivity index (χ3v) is 4.25. The van der Waals surface area contributed by atoms with Gasteiger partial charge in [0.2, 0.25) is 0 Å². The number of rotatable bonds is 4. The SMILES string of the molecule is CNc1cc(N2CCC(C(C)C)CC2)cc([N+](=O)[O-])c1. The molecule has 0 saturated carbocycles. The zero-order valence-electron chi connectivity index (χ0n) is 12.4. The van der Waals surface area contributed by atoms with Gasteiger partial charge in [0.1, 0.15) is 0 Å². The number of nitrogens with zero attached hydrogens (tertiary/aromatic N) is 2. The summed E-state index contributed by atoms with van der Waals surface area (Å²) < 4.78 is 0. The van der Waals surface area contributed by atoms with Crippen molar-refractivity contribution in [2.24, 2.45) is 11.8 Å². The van der Waals surface area contributed by atoms with Gasteiger partial charge >= 0.3 is 0 Å². The molecule has 5 heteroatoms. The van der Waals surface area contributed by atoms with Gasteiger partial charge in [-0.15, -0.1) is 0 Å². The van der Waals surface area contributed by atoms with Gasteiger partial charge < -0.3 is 10.2 Å². The first-order valence-electron chi connectivity index (χ1n) is 7.23. The van der Waals surface area contributed by atoms with Gasteiger partial charge in [0, 0.05) is 43.6 Å². The summed E-state index contributed by atoms with van der Waals surface area (Å²) in [4.78, 5) is 12.9. The maximum atomic E-state index is 11.0. The van der Waals surface area contributed by atoms with E-state index in [9.17, 15) is 10.1 Å². The molecule has 1 fully saturated rings. The number of nitro benzene ring substituents is 1. The lowest BCUT2D eigenvalue weighted by molar-refractivity contribution is -0.384. The fourth-order valence-electron chi connectivity index (χ4n) is 2.85. The minimum Gasteiger partial charge on any atom is -0.388 e. The van der Waals surface area contributed by atoms with Crippen molar-refractivity contribution in [2.75, 3.05) is 30.4 Å². The van der Waals surface area contributed by atoms with Gasteiger partial charge in [-0.3, -0.25) is 10.1 Å². The molecule has 0 amide bonds. The minimum absolute atomic E-state index is 0.151. The highest BCUT2D eigenvalue weighted by Crippen LogP contribution is 2.31. The van der Waals surface area contributed by atoms with Crippen molar-refractivity contribution in [1.29, 1.82) is 0 Å². The Morgan fingerprint density at radius 2 is 1.95 bits per heavy atom. The molecule has 0 aliphatic carbocycles. The molecule has 5 nitrogen and oxygen atoms in total. The van der Waals surface area contributed by atoms with Crippen LogP contribution >= 0.6 is 0 Å². The molecule has 20 heavy (non-hydrogen) atoms. The largest absolute Gasteiger partial charge is 0.388 e. The number of nitrogens with one attached hydrogen (secondary N) is 1. The maximum Gasteiger partial charge on any atom is 0.273 e. The first-order valence-corrected chi connectivity index (χ1v) is 7.23. The number of hydrogen-bond donors (Lipinski definition) is 1. The molecule has 0 radical (unpaired) electrons. The van der Waals surface area contributed by atoms with E-state index in [0.717, 1.165) is 49.1 Å². The Balaban J connectivity index is 2.17. The van der Waals surface area contributed by atoms with Crippen LogP contribution in [0.25, 0.3) is 0 Å². The molecule has 0 bridgehead atoms. The lowest BCUT2D eigenvalue weighted by Crippen LogP contribution is -2.35. The molecule has 0 atom stereocenters. The average molecular weight is 277 g/mol. The topological polar surface area (TPSA) is 58.4 Å². The van der Waals surface area contributed by atoms with E-state index in [1.165, 1.54) is 0 Å². The summed E-state index contributed by atoms with van der Waals surface area (Å²) >= 11 is 0. The number of non-ortho nitro benzene ring substituents is 1. The predicted molar refractivity (Wildman–Crippen MR) is 82.4 cm³/mol. The van der Waals surface area contributed by atoms with Crippen LogP contribution in [0.2, 0.25) is 0 Å². The van der Waals surface area contributed by atoms with Crippen LogP contribution < -0.4 is 10.2 Å². The molecule has 1 aromatic rings. The van der Waals surface area contributed by atoms with E-state index < -0.39 is 0 Å². The molecule has 1 heterocycles. The fraction of sp³-hybridized carbons (Fsp3) is 0.600. The standard InChI is InChI=1S/C15H23N3O2/c1-11(2)12-4-6-17(7-5-12)14-8-13(16-3)9-15(10-14)18(19)20/h8-12,16H,4-7H2,1-3H3. The molecule has 1 N–H and O–H groups in total. The van der Waals surface area contributed by atoms with Gasteiger partial charge in [-0.25, -0.2) is 0 Å². The summed E-state index contributed by atoms with van der Waals surface area (Å²) in [6.45, 7) is 6.50. The summed E-state index contributed by atoms with van der Waals surface area (Å²) in [5, 5.41) is 14.0. The smallest absolute Gasteiger partial charge is 0.273 e. The van der Waals surface area contributed by atoms with E-state index in [2.05, 4.69) is 24.1 Å². The lowest BCUT2D eigenvalue weighted by atomic mass is 9.86. The molecular weight excluding hydrogens is 254 g/mol. The van der Waals surface area contributed by atoms with Crippen LogP contribution in [0.4, 0.5) is 17.1 Å². The Labute approximate surface area is 120 Å². The second-order valence-corrected chi connectivity index (χ2v) is 5.81. The fourth-order valence-corrected chi connectivity index (χ4v) is 2.85. The molecule has 1 aromatic carbocycles. The summed E-state index contributed by atoms with van der Waals surface area (Å²) in [7, 11) is 1.79. The Morgan fingerprint density at radius 1 is 1.30 bits per heavy atom. The molecule has 1 saturated heterocycles. The van der Waals surface area contributed by atoms with Crippen LogP contribution in [0.1, 0.15) is 26.7 Å². The Hall–Kier alpha value is -1.78. The van der Waals surface area contributed by atoms with Crippen LogP contribution in [0, 0.1) is 22.0 Å². The van der Waals surface area contributed by atoms with Crippen molar-refractivity contribution in [2.45, 2.75) is 26.7 Å². The first-order chi connectivity index (χ1) is 9.51. The number of benzene rings is 1. The third-order valence-electron chi connectivity index (χ3n) is 4.25. The second kappa shape index (κ2) is 6.11. The van der Waals surface area contributed by atoms with Gasteiger partial charge in [-0.2, -0.15) is 0 Å². The van der Waals surface area contributed by atoms with Crippen molar-refractivity contribution in [3.8, 4) is 0 Å².